The normalized spacial score (nSPS) is 16.1. The standard InChI is InChI=1S/C22H25N3O4/c1-3-29-21(26)19-18(14-23-13-15-9-11-17(28-2)12-10-15)24-22(27)25-20(19)16-7-5-4-6-8-16/h4-12,20,23H,3,13-14H2,1-2H3,(H2,24,25,27). The molecule has 3 rings (SSSR count). The Hall–Kier alpha value is -3.32. The third kappa shape index (κ3) is 5.14. The Labute approximate surface area is 170 Å². The predicted octanol–water partition coefficient (Wildman–Crippen LogP) is 2.66. The fourth-order valence-electron chi connectivity index (χ4n) is 3.18. The number of rotatable bonds is 8. The molecule has 2 aromatic carbocycles. The van der Waals surface area contributed by atoms with Crippen LogP contribution in [0.4, 0.5) is 4.79 Å². The van der Waals surface area contributed by atoms with Crippen LogP contribution in [-0.2, 0) is 16.1 Å². The number of nitrogens with one attached hydrogen (secondary N) is 3. The fraction of sp³-hybridized carbons (Fsp3) is 0.273. The van der Waals surface area contributed by atoms with Gasteiger partial charge < -0.3 is 25.4 Å². The van der Waals surface area contributed by atoms with Crippen molar-refractivity contribution in [2.24, 2.45) is 0 Å². The first-order valence-electron chi connectivity index (χ1n) is 9.48. The molecule has 0 bridgehead atoms. The maximum Gasteiger partial charge on any atom is 0.338 e. The van der Waals surface area contributed by atoms with Crippen LogP contribution in [0, 0.1) is 0 Å². The van der Waals surface area contributed by atoms with E-state index in [0.29, 0.717) is 24.4 Å². The first-order valence-corrected chi connectivity index (χ1v) is 9.48. The van der Waals surface area contributed by atoms with Crippen molar-refractivity contribution >= 4 is 12.0 Å². The Bertz CT molecular complexity index is 879. The summed E-state index contributed by atoms with van der Waals surface area (Å²) in [6, 6.07) is 16.1. The molecular formula is C22H25N3O4. The van der Waals surface area contributed by atoms with Gasteiger partial charge in [0.1, 0.15) is 5.75 Å². The molecule has 1 aliphatic rings. The molecule has 7 heteroatoms. The maximum absolute atomic E-state index is 12.7. The van der Waals surface area contributed by atoms with E-state index in [9.17, 15) is 9.59 Å². The molecule has 29 heavy (non-hydrogen) atoms. The lowest BCUT2D eigenvalue weighted by atomic mass is 9.95. The molecule has 0 saturated carbocycles. The number of methoxy groups -OCH3 is 1. The van der Waals surface area contributed by atoms with Crippen molar-refractivity contribution in [2.45, 2.75) is 19.5 Å². The van der Waals surface area contributed by atoms with Gasteiger partial charge in [0.2, 0.25) is 0 Å². The number of esters is 1. The van der Waals surface area contributed by atoms with E-state index in [-0.39, 0.29) is 12.6 Å². The second kappa shape index (κ2) is 9.75. The highest BCUT2D eigenvalue weighted by atomic mass is 16.5. The lowest BCUT2D eigenvalue weighted by molar-refractivity contribution is -0.139. The van der Waals surface area contributed by atoms with Crippen molar-refractivity contribution in [3.63, 3.8) is 0 Å². The van der Waals surface area contributed by atoms with Crippen LogP contribution in [0.3, 0.4) is 0 Å². The highest BCUT2D eigenvalue weighted by Crippen LogP contribution is 2.27. The van der Waals surface area contributed by atoms with Crippen molar-refractivity contribution in [1.82, 2.24) is 16.0 Å². The maximum atomic E-state index is 12.7. The molecular weight excluding hydrogens is 370 g/mol. The van der Waals surface area contributed by atoms with Crippen molar-refractivity contribution < 1.29 is 19.1 Å². The second-order valence-electron chi connectivity index (χ2n) is 6.51. The summed E-state index contributed by atoms with van der Waals surface area (Å²) >= 11 is 0. The molecule has 7 nitrogen and oxygen atoms in total. The largest absolute Gasteiger partial charge is 0.497 e. The van der Waals surface area contributed by atoms with E-state index in [1.165, 1.54) is 0 Å². The first-order chi connectivity index (χ1) is 14.1. The van der Waals surface area contributed by atoms with E-state index in [2.05, 4.69) is 16.0 Å². The summed E-state index contributed by atoms with van der Waals surface area (Å²) in [4.78, 5) is 24.9. The highest BCUT2D eigenvalue weighted by Gasteiger charge is 2.33. The monoisotopic (exact) mass is 395 g/mol. The Morgan fingerprint density at radius 3 is 2.45 bits per heavy atom. The zero-order chi connectivity index (χ0) is 20.6. The molecule has 0 aromatic heterocycles. The number of hydrogen-bond acceptors (Lipinski definition) is 5. The van der Waals surface area contributed by atoms with Gasteiger partial charge in [0.15, 0.2) is 0 Å². The molecule has 2 amide bonds. The molecule has 2 aromatic rings. The smallest absolute Gasteiger partial charge is 0.338 e. The van der Waals surface area contributed by atoms with Crippen LogP contribution in [0.2, 0.25) is 0 Å². The number of carbonyl (C=O) groups excluding carboxylic acids is 2. The van der Waals surface area contributed by atoms with E-state index >= 15 is 0 Å². The Kier molecular flexibility index (Phi) is 6.86. The number of ether oxygens (including phenoxy) is 2. The van der Waals surface area contributed by atoms with Gasteiger partial charge in [-0.05, 0) is 30.2 Å². The van der Waals surface area contributed by atoms with Crippen LogP contribution in [0.5, 0.6) is 5.75 Å². The summed E-state index contributed by atoms with van der Waals surface area (Å²) in [7, 11) is 1.62. The average molecular weight is 395 g/mol. The van der Waals surface area contributed by atoms with Crippen LogP contribution in [0.25, 0.3) is 0 Å². The van der Waals surface area contributed by atoms with Crippen molar-refractivity contribution in [3.8, 4) is 5.75 Å². The van der Waals surface area contributed by atoms with E-state index in [1.807, 2.05) is 54.6 Å². The van der Waals surface area contributed by atoms with Gasteiger partial charge in [-0.2, -0.15) is 0 Å². The minimum atomic E-state index is -0.568. The minimum absolute atomic E-state index is 0.254. The van der Waals surface area contributed by atoms with Crippen LogP contribution in [-0.4, -0.2) is 32.3 Å². The second-order valence-corrected chi connectivity index (χ2v) is 6.51. The third-order valence-electron chi connectivity index (χ3n) is 4.57. The van der Waals surface area contributed by atoms with Gasteiger partial charge in [-0.15, -0.1) is 0 Å². The van der Waals surface area contributed by atoms with Crippen LogP contribution >= 0.6 is 0 Å². The summed E-state index contributed by atoms with van der Waals surface area (Å²) in [5, 5.41) is 8.86. The summed E-state index contributed by atoms with van der Waals surface area (Å²) in [5.74, 6) is 0.340. The number of hydrogen-bond donors (Lipinski definition) is 3. The van der Waals surface area contributed by atoms with E-state index in [1.54, 1.807) is 14.0 Å². The van der Waals surface area contributed by atoms with Crippen molar-refractivity contribution in [3.05, 3.63) is 77.0 Å². The van der Waals surface area contributed by atoms with E-state index in [0.717, 1.165) is 16.9 Å². The fourth-order valence-corrected chi connectivity index (χ4v) is 3.18. The van der Waals surface area contributed by atoms with Gasteiger partial charge in [0.05, 0.1) is 25.3 Å². The highest BCUT2D eigenvalue weighted by molar-refractivity contribution is 5.95. The lowest BCUT2D eigenvalue weighted by Gasteiger charge is -2.29. The molecule has 1 unspecified atom stereocenters. The van der Waals surface area contributed by atoms with Crippen molar-refractivity contribution in [1.29, 1.82) is 0 Å². The summed E-state index contributed by atoms with van der Waals surface area (Å²) in [5.41, 5.74) is 2.79. The minimum Gasteiger partial charge on any atom is -0.497 e. The SMILES string of the molecule is CCOC(=O)C1=C(CNCc2ccc(OC)cc2)NC(=O)NC1c1ccccc1. The van der Waals surface area contributed by atoms with E-state index in [4.69, 9.17) is 9.47 Å². The molecule has 1 aliphatic heterocycles. The van der Waals surface area contributed by atoms with Crippen LogP contribution < -0.4 is 20.7 Å². The van der Waals surface area contributed by atoms with Crippen LogP contribution in [0.1, 0.15) is 24.1 Å². The number of benzene rings is 2. The summed E-state index contributed by atoms with van der Waals surface area (Å²) in [6.45, 7) is 2.90. The van der Waals surface area contributed by atoms with Gasteiger partial charge in [-0.1, -0.05) is 42.5 Å². The predicted molar refractivity (Wildman–Crippen MR) is 109 cm³/mol. The molecule has 0 radical (unpaired) electrons. The molecule has 1 atom stereocenters. The molecule has 152 valence electrons. The molecule has 0 aliphatic carbocycles. The number of carbonyl (C=O) groups is 2. The Balaban J connectivity index is 1.81. The van der Waals surface area contributed by atoms with Gasteiger partial charge >= 0.3 is 12.0 Å². The van der Waals surface area contributed by atoms with Gasteiger partial charge in [-0.3, -0.25) is 0 Å². The topological polar surface area (TPSA) is 88.7 Å². The van der Waals surface area contributed by atoms with E-state index < -0.39 is 12.0 Å². The quantitative estimate of drug-likeness (QED) is 0.598. The van der Waals surface area contributed by atoms with Crippen molar-refractivity contribution in [2.75, 3.05) is 20.3 Å². The zero-order valence-corrected chi connectivity index (χ0v) is 16.5. The third-order valence-corrected chi connectivity index (χ3v) is 4.57. The molecule has 1 heterocycles. The van der Waals surface area contributed by atoms with Crippen LogP contribution in [0.15, 0.2) is 65.9 Å². The summed E-state index contributed by atoms with van der Waals surface area (Å²) in [6.07, 6.45) is 0. The van der Waals surface area contributed by atoms with Gasteiger partial charge in [0.25, 0.3) is 0 Å². The molecule has 3 N–H and O–H groups in total. The molecule has 0 saturated heterocycles. The first kappa shape index (κ1) is 20.4. The molecule has 0 spiro atoms. The van der Waals surface area contributed by atoms with Gasteiger partial charge in [-0.25, -0.2) is 9.59 Å². The Morgan fingerprint density at radius 2 is 1.79 bits per heavy atom. The zero-order valence-electron chi connectivity index (χ0n) is 16.5. The number of amides is 2. The lowest BCUT2D eigenvalue weighted by Crippen LogP contribution is -2.48. The Morgan fingerprint density at radius 1 is 1.07 bits per heavy atom. The van der Waals surface area contributed by atoms with Gasteiger partial charge in [0, 0.05) is 18.8 Å². The number of urea groups is 1. The molecule has 0 fully saturated rings. The summed E-state index contributed by atoms with van der Waals surface area (Å²) < 4.78 is 10.4. The average Bonchev–Trinajstić information content (AvgIpc) is 2.74.